The second-order valence-corrected chi connectivity index (χ2v) is 10.1. The monoisotopic (exact) mass is 420 g/mol. The van der Waals surface area contributed by atoms with E-state index in [4.69, 9.17) is 0 Å². The lowest BCUT2D eigenvalue weighted by atomic mass is 10.1. The zero-order valence-corrected chi connectivity index (χ0v) is 18.4. The van der Waals surface area contributed by atoms with Crippen molar-refractivity contribution in [1.29, 1.82) is 0 Å². The van der Waals surface area contributed by atoms with Crippen LogP contribution < -0.4 is 10.0 Å². The molecular formula is C21H28N2O3S2. The van der Waals surface area contributed by atoms with Crippen molar-refractivity contribution in [2.24, 2.45) is 0 Å². The molecule has 0 spiro atoms. The molecule has 0 aliphatic heterocycles. The van der Waals surface area contributed by atoms with Crippen LogP contribution in [0.25, 0.3) is 0 Å². The fourth-order valence-corrected chi connectivity index (χ4v) is 4.34. The Balaban J connectivity index is 1.92. The lowest BCUT2D eigenvalue weighted by Gasteiger charge is -2.12. The number of hydrogen-bond donors (Lipinski definition) is 2. The van der Waals surface area contributed by atoms with E-state index in [1.807, 2.05) is 30.8 Å². The topological polar surface area (TPSA) is 75.3 Å². The van der Waals surface area contributed by atoms with Gasteiger partial charge in [0.1, 0.15) is 0 Å². The molecule has 0 bridgehead atoms. The number of rotatable bonds is 9. The van der Waals surface area contributed by atoms with E-state index in [0.29, 0.717) is 18.1 Å². The fourth-order valence-electron chi connectivity index (χ4n) is 2.59. The van der Waals surface area contributed by atoms with Gasteiger partial charge in [-0.05, 0) is 68.3 Å². The summed E-state index contributed by atoms with van der Waals surface area (Å²) in [5.74, 6) is -0.0580. The Labute approximate surface area is 172 Å². The highest BCUT2D eigenvalue weighted by Gasteiger charge is 2.11. The van der Waals surface area contributed by atoms with Gasteiger partial charge >= 0.3 is 0 Å². The van der Waals surface area contributed by atoms with E-state index in [1.165, 1.54) is 11.9 Å². The summed E-state index contributed by atoms with van der Waals surface area (Å²) >= 11 is 1.84. The maximum atomic E-state index is 12.3. The van der Waals surface area contributed by atoms with Crippen LogP contribution in [0.3, 0.4) is 0 Å². The van der Waals surface area contributed by atoms with Gasteiger partial charge in [-0.2, -0.15) is 0 Å². The van der Waals surface area contributed by atoms with E-state index < -0.39 is 10.0 Å². The van der Waals surface area contributed by atoms with Crippen LogP contribution in [0, 0.1) is 6.92 Å². The van der Waals surface area contributed by atoms with Crippen molar-refractivity contribution in [1.82, 2.24) is 4.72 Å². The third-order valence-corrected chi connectivity index (χ3v) is 7.22. The Hall–Kier alpha value is -1.83. The number of hydrogen-bond acceptors (Lipinski definition) is 4. The van der Waals surface area contributed by atoms with Crippen LogP contribution in [0.1, 0.15) is 37.8 Å². The first-order chi connectivity index (χ1) is 13.2. The molecule has 1 amide bonds. The quantitative estimate of drug-likeness (QED) is 0.591. The second kappa shape index (κ2) is 10.1. The van der Waals surface area contributed by atoms with Gasteiger partial charge < -0.3 is 5.32 Å². The van der Waals surface area contributed by atoms with E-state index >= 15 is 0 Å². The summed E-state index contributed by atoms with van der Waals surface area (Å²) in [6.07, 6.45) is 2.00. The Morgan fingerprint density at radius 2 is 1.82 bits per heavy atom. The van der Waals surface area contributed by atoms with E-state index in [2.05, 4.69) is 30.0 Å². The number of carbonyl (C=O) groups excluding carboxylic acids is 1. The van der Waals surface area contributed by atoms with Gasteiger partial charge in [0.2, 0.25) is 15.9 Å². The highest BCUT2D eigenvalue weighted by Crippen LogP contribution is 2.28. The van der Waals surface area contributed by atoms with Crippen LogP contribution >= 0.6 is 11.8 Å². The molecular weight excluding hydrogens is 392 g/mol. The molecule has 0 aromatic heterocycles. The number of sulfonamides is 1. The molecule has 2 N–H and O–H groups in total. The zero-order chi connectivity index (χ0) is 20.7. The first-order valence-corrected chi connectivity index (χ1v) is 11.7. The highest BCUT2D eigenvalue weighted by atomic mass is 32.2. The van der Waals surface area contributed by atoms with E-state index in [-0.39, 0.29) is 10.8 Å². The minimum Gasteiger partial charge on any atom is -0.326 e. The molecule has 2 aromatic carbocycles. The van der Waals surface area contributed by atoms with Gasteiger partial charge in [0.25, 0.3) is 0 Å². The summed E-state index contributed by atoms with van der Waals surface area (Å²) in [4.78, 5) is 13.7. The molecule has 152 valence electrons. The molecule has 0 saturated heterocycles. The summed E-state index contributed by atoms with van der Waals surface area (Å²) < 4.78 is 25.8. The predicted molar refractivity (Wildman–Crippen MR) is 116 cm³/mol. The molecule has 0 fully saturated rings. The molecule has 7 heteroatoms. The predicted octanol–water partition coefficient (Wildman–Crippen LogP) is 4.37. The first-order valence-electron chi connectivity index (χ1n) is 9.34. The summed E-state index contributed by atoms with van der Waals surface area (Å²) in [7, 11) is -2.06. The zero-order valence-electron chi connectivity index (χ0n) is 16.8. The van der Waals surface area contributed by atoms with Crippen molar-refractivity contribution >= 4 is 33.4 Å². The largest absolute Gasteiger partial charge is 0.326 e. The molecule has 5 nitrogen and oxygen atoms in total. The van der Waals surface area contributed by atoms with E-state index in [0.717, 1.165) is 23.2 Å². The van der Waals surface area contributed by atoms with Crippen molar-refractivity contribution in [3.05, 3.63) is 53.6 Å². The molecule has 1 unspecified atom stereocenters. The number of benzene rings is 2. The minimum atomic E-state index is -3.44. The second-order valence-electron chi connectivity index (χ2n) is 6.71. The molecule has 28 heavy (non-hydrogen) atoms. The van der Waals surface area contributed by atoms with Crippen molar-refractivity contribution in [2.75, 3.05) is 12.4 Å². The Bertz CT molecular complexity index is 910. The van der Waals surface area contributed by atoms with Crippen LogP contribution in [0.4, 0.5) is 5.69 Å². The van der Waals surface area contributed by atoms with Crippen molar-refractivity contribution in [2.45, 2.75) is 55.1 Å². The van der Waals surface area contributed by atoms with E-state index in [1.54, 1.807) is 24.3 Å². The van der Waals surface area contributed by atoms with Crippen molar-refractivity contribution in [3.63, 3.8) is 0 Å². The number of carbonyl (C=O) groups is 1. The van der Waals surface area contributed by atoms with Crippen LogP contribution in [-0.2, 0) is 21.2 Å². The molecule has 0 radical (unpaired) electrons. The van der Waals surface area contributed by atoms with Gasteiger partial charge in [0, 0.05) is 22.3 Å². The minimum absolute atomic E-state index is 0.0580. The third kappa shape index (κ3) is 6.36. The summed E-state index contributed by atoms with van der Waals surface area (Å²) in [6, 6.07) is 12.7. The third-order valence-electron chi connectivity index (χ3n) is 4.53. The highest BCUT2D eigenvalue weighted by molar-refractivity contribution is 7.99. The normalized spacial score (nSPS) is 12.6. The van der Waals surface area contributed by atoms with Gasteiger partial charge in [-0.15, -0.1) is 11.8 Å². The summed E-state index contributed by atoms with van der Waals surface area (Å²) in [6.45, 7) is 6.37. The maximum absolute atomic E-state index is 12.3. The number of amides is 1. The molecule has 0 aliphatic rings. The van der Waals surface area contributed by atoms with Gasteiger partial charge in [0.15, 0.2) is 0 Å². The molecule has 1 atom stereocenters. The molecule has 0 saturated carbocycles. The Morgan fingerprint density at radius 1 is 1.14 bits per heavy atom. The van der Waals surface area contributed by atoms with Gasteiger partial charge in [-0.1, -0.05) is 26.0 Å². The van der Waals surface area contributed by atoms with Crippen LogP contribution in [0.2, 0.25) is 0 Å². The average Bonchev–Trinajstić information content (AvgIpc) is 2.68. The van der Waals surface area contributed by atoms with Crippen LogP contribution in [-0.4, -0.2) is 26.6 Å². The molecule has 0 aliphatic carbocycles. The van der Waals surface area contributed by atoms with Gasteiger partial charge in [-0.3, -0.25) is 4.79 Å². The fraction of sp³-hybridized carbons (Fsp3) is 0.381. The number of nitrogens with one attached hydrogen (secondary N) is 2. The first kappa shape index (κ1) is 22.5. The maximum Gasteiger partial charge on any atom is 0.240 e. The number of aryl methyl sites for hydroxylation is 2. The van der Waals surface area contributed by atoms with Crippen LogP contribution in [0.5, 0.6) is 0 Å². The Kier molecular flexibility index (Phi) is 8.10. The Morgan fingerprint density at radius 3 is 2.39 bits per heavy atom. The van der Waals surface area contributed by atoms with Crippen LogP contribution in [0.15, 0.2) is 52.3 Å². The molecule has 0 heterocycles. The van der Waals surface area contributed by atoms with Crippen molar-refractivity contribution in [3.8, 4) is 0 Å². The van der Waals surface area contributed by atoms with E-state index in [9.17, 15) is 13.2 Å². The smallest absolute Gasteiger partial charge is 0.240 e. The number of anilines is 1. The lowest BCUT2D eigenvalue weighted by molar-refractivity contribution is -0.116. The lowest BCUT2D eigenvalue weighted by Crippen LogP contribution is -2.18. The van der Waals surface area contributed by atoms with Gasteiger partial charge in [0.05, 0.1) is 4.90 Å². The SMILES string of the molecule is CCC(C)Sc1ccc(NC(=O)CCc2ccc(S(=O)(=O)NC)cc2)c(C)c1. The van der Waals surface area contributed by atoms with Gasteiger partial charge in [-0.25, -0.2) is 13.1 Å². The average molecular weight is 421 g/mol. The summed E-state index contributed by atoms with van der Waals surface area (Å²) in [5.41, 5.74) is 2.79. The summed E-state index contributed by atoms with van der Waals surface area (Å²) in [5, 5.41) is 3.53. The number of thioether (sulfide) groups is 1. The molecule has 2 aromatic rings. The standard InChI is InChI=1S/C21H28N2O3S2/c1-5-16(3)27-18-9-12-20(15(2)14-18)23-21(24)13-8-17-6-10-19(11-7-17)28(25,26)22-4/h6-7,9-12,14,16,22H,5,8,13H2,1-4H3,(H,23,24). The molecule has 2 rings (SSSR count). The van der Waals surface area contributed by atoms with Crippen molar-refractivity contribution < 1.29 is 13.2 Å².